The maximum Gasteiger partial charge on any atom is 0.0670 e. The highest BCUT2D eigenvalue weighted by atomic mass is 16.5. The first kappa shape index (κ1) is 11.4. The molecule has 16 heavy (non-hydrogen) atoms. The van der Waals surface area contributed by atoms with E-state index in [0.29, 0.717) is 6.04 Å². The summed E-state index contributed by atoms with van der Waals surface area (Å²) in [4.78, 5) is 2.29. The molecular formula is C13H20N2O. The van der Waals surface area contributed by atoms with Crippen LogP contribution in [0, 0.1) is 0 Å². The first-order valence-corrected chi connectivity index (χ1v) is 5.84. The molecule has 0 radical (unpaired) electrons. The molecule has 3 heteroatoms. The summed E-state index contributed by atoms with van der Waals surface area (Å²) in [7, 11) is 2.13. The molecule has 0 amide bonds. The lowest BCUT2D eigenvalue weighted by Crippen LogP contribution is -2.31. The zero-order valence-electron chi connectivity index (χ0n) is 10.0. The Hall–Kier alpha value is -1.06. The monoisotopic (exact) mass is 220 g/mol. The molecule has 3 nitrogen and oxygen atoms in total. The van der Waals surface area contributed by atoms with Crippen LogP contribution in [0.4, 0.5) is 5.69 Å². The van der Waals surface area contributed by atoms with Gasteiger partial charge in [-0.15, -0.1) is 0 Å². The van der Waals surface area contributed by atoms with E-state index in [4.69, 9.17) is 10.5 Å². The van der Waals surface area contributed by atoms with E-state index < -0.39 is 0 Å². The van der Waals surface area contributed by atoms with Crippen LogP contribution in [0.3, 0.4) is 0 Å². The van der Waals surface area contributed by atoms with Crippen LogP contribution in [0.25, 0.3) is 0 Å². The molecule has 1 saturated heterocycles. The summed E-state index contributed by atoms with van der Waals surface area (Å²) in [6, 6.07) is 9.10. The van der Waals surface area contributed by atoms with Crippen LogP contribution in [0.1, 0.15) is 24.9 Å². The van der Waals surface area contributed by atoms with E-state index in [2.05, 4.69) is 36.2 Å². The van der Waals surface area contributed by atoms with E-state index >= 15 is 0 Å². The maximum absolute atomic E-state index is 5.83. The highest BCUT2D eigenvalue weighted by Crippen LogP contribution is 2.21. The molecular weight excluding hydrogens is 200 g/mol. The largest absolute Gasteiger partial charge is 0.379 e. The molecule has 1 unspecified atom stereocenters. The third kappa shape index (κ3) is 2.36. The molecule has 0 aliphatic carbocycles. The second-order valence-electron chi connectivity index (χ2n) is 4.51. The molecule has 2 rings (SSSR count). The Morgan fingerprint density at radius 2 is 2.06 bits per heavy atom. The number of hydrogen-bond acceptors (Lipinski definition) is 3. The Morgan fingerprint density at radius 1 is 1.38 bits per heavy atom. The lowest BCUT2D eigenvalue weighted by atomic mass is 10.1. The molecule has 1 fully saturated rings. The van der Waals surface area contributed by atoms with Gasteiger partial charge < -0.3 is 15.4 Å². The van der Waals surface area contributed by atoms with E-state index in [0.717, 1.165) is 19.6 Å². The fourth-order valence-electron chi connectivity index (χ4n) is 2.05. The van der Waals surface area contributed by atoms with Gasteiger partial charge in [-0.2, -0.15) is 0 Å². The molecule has 0 aromatic heterocycles. The Bertz CT molecular complexity index is 328. The van der Waals surface area contributed by atoms with Gasteiger partial charge in [0.05, 0.1) is 12.6 Å². The minimum Gasteiger partial charge on any atom is -0.379 e. The molecule has 1 aromatic rings. The standard InChI is InChI=1S/C13H20N2O/c1-10(14)11-3-5-12(6-4-11)15(2)13-7-8-16-9-13/h3-6,10,13H,7-9,14H2,1-2H3/t10-,13?/m1/s1. The minimum absolute atomic E-state index is 0.106. The summed E-state index contributed by atoms with van der Waals surface area (Å²) in [5.41, 5.74) is 8.24. The maximum atomic E-state index is 5.83. The number of nitrogens with zero attached hydrogens (tertiary/aromatic N) is 1. The first-order valence-electron chi connectivity index (χ1n) is 5.84. The van der Waals surface area contributed by atoms with E-state index in [9.17, 15) is 0 Å². The van der Waals surface area contributed by atoms with Gasteiger partial charge in [0, 0.05) is 25.4 Å². The smallest absolute Gasteiger partial charge is 0.0670 e. The van der Waals surface area contributed by atoms with Gasteiger partial charge >= 0.3 is 0 Å². The lowest BCUT2D eigenvalue weighted by molar-refractivity contribution is 0.193. The molecule has 0 saturated carbocycles. The number of likely N-dealkylation sites (N-methyl/N-ethyl adjacent to an activating group) is 1. The first-order chi connectivity index (χ1) is 7.68. The van der Waals surface area contributed by atoms with Crippen LogP contribution < -0.4 is 10.6 Å². The molecule has 2 atom stereocenters. The quantitative estimate of drug-likeness (QED) is 0.846. The molecule has 2 N–H and O–H groups in total. The predicted molar refractivity (Wildman–Crippen MR) is 66.7 cm³/mol. The average Bonchev–Trinajstić information content (AvgIpc) is 2.81. The van der Waals surface area contributed by atoms with Crippen molar-refractivity contribution in [2.45, 2.75) is 25.4 Å². The minimum atomic E-state index is 0.106. The van der Waals surface area contributed by atoms with E-state index in [1.807, 2.05) is 6.92 Å². The topological polar surface area (TPSA) is 38.5 Å². The SMILES string of the molecule is C[C@@H](N)c1ccc(N(C)C2CCOC2)cc1. The molecule has 1 heterocycles. The summed E-state index contributed by atoms with van der Waals surface area (Å²) >= 11 is 0. The van der Waals surface area contributed by atoms with E-state index in [1.54, 1.807) is 0 Å². The van der Waals surface area contributed by atoms with Crippen molar-refractivity contribution in [1.29, 1.82) is 0 Å². The number of rotatable bonds is 3. The zero-order chi connectivity index (χ0) is 11.5. The summed E-state index contributed by atoms with van der Waals surface area (Å²) < 4.78 is 5.40. The van der Waals surface area contributed by atoms with Gasteiger partial charge in [-0.3, -0.25) is 0 Å². The number of anilines is 1. The van der Waals surface area contributed by atoms with Crippen LogP contribution in [0.2, 0.25) is 0 Å². The Morgan fingerprint density at radius 3 is 2.56 bits per heavy atom. The van der Waals surface area contributed by atoms with Gasteiger partial charge in [0.1, 0.15) is 0 Å². The summed E-state index contributed by atoms with van der Waals surface area (Å²) in [5.74, 6) is 0. The Kier molecular flexibility index (Phi) is 3.46. The molecule has 88 valence electrons. The number of benzene rings is 1. The normalized spacial score (nSPS) is 22.1. The molecule has 1 aromatic carbocycles. The van der Waals surface area contributed by atoms with Crippen LogP contribution >= 0.6 is 0 Å². The molecule has 0 spiro atoms. The summed E-state index contributed by atoms with van der Waals surface area (Å²) in [5, 5.41) is 0. The zero-order valence-corrected chi connectivity index (χ0v) is 10.0. The Balaban J connectivity index is 2.08. The predicted octanol–water partition coefficient (Wildman–Crippen LogP) is 1.93. The van der Waals surface area contributed by atoms with Crippen LogP contribution in [-0.2, 0) is 4.74 Å². The van der Waals surface area contributed by atoms with Crippen LogP contribution in [0.5, 0.6) is 0 Å². The van der Waals surface area contributed by atoms with Crippen LogP contribution in [0.15, 0.2) is 24.3 Å². The van der Waals surface area contributed by atoms with Gasteiger partial charge in [0.2, 0.25) is 0 Å². The fraction of sp³-hybridized carbons (Fsp3) is 0.538. The molecule has 0 bridgehead atoms. The second kappa shape index (κ2) is 4.85. The average molecular weight is 220 g/mol. The van der Waals surface area contributed by atoms with Crippen molar-refractivity contribution in [3.05, 3.63) is 29.8 Å². The third-order valence-corrected chi connectivity index (χ3v) is 3.28. The van der Waals surface area contributed by atoms with Crippen molar-refractivity contribution in [1.82, 2.24) is 0 Å². The van der Waals surface area contributed by atoms with E-state index in [1.165, 1.54) is 11.3 Å². The van der Waals surface area contributed by atoms with Crippen molar-refractivity contribution in [2.24, 2.45) is 5.73 Å². The van der Waals surface area contributed by atoms with Gasteiger partial charge in [-0.1, -0.05) is 12.1 Å². The van der Waals surface area contributed by atoms with Crippen molar-refractivity contribution >= 4 is 5.69 Å². The van der Waals surface area contributed by atoms with Gasteiger partial charge in [-0.25, -0.2) is 0 Å². The summed E-state index contributed by atoms with van der Waals surface area (Å²) in [6.45, 7) is 3.72. The van der Waals surface area contributed by atoms with Crippen molar-refractivity contribution in [3.63, 3.8) is 0 Å². The van der Waals surface area contributed by atoms with Gasteiger partial charge in [0.25, 0.3) is 0 Å². The van der Waals surface area contributed by atoms with E-state index in [-0.39, 0.29) is 6.04 Å². The summed E-state index contributed by atoms with van der Waals surface area (Å²) in [6.07, 6.45) is 1.12. The number of hydrogen-bond donors (Lipinski definition) is 1. The lowest BCUT2D eigenvalue weighted by Gasteiger charge is -2.25. The van der Waals surface area contributed by atoms with Crippen molar-refractivity contribution in [2.75, 3.05) is 25.2 Å². The van der Waals surface area contributed by atoms with Gasteiger partial charge in [0.15, 0.2) is 0 Å². The highest BCUT2D eigenvalue weighted by Gasteiger charge is 2.20. The molecule has 1 aliphatic heterocycles. The highest BCUT2D eigenvalue weighted by molar-refractivity contribution is 5.48. The van der Waals surface area contributed by atoms with Gasteiger partial charge in [-0.05, 0) is 31.0 Å². The number of nitrogens with two attached hydrogens (primary N) is 1. The fourth-order valence-corrected chi connectivity index (χ4v) is 2.05. The van der Waals surface area contributed by atoms with Crippen molar-refractivity contribution < 1.29 is 4.74 Å². The molecule has 1 aliphatic rings. The third-order valence-electron chi connectivity index (χ3n) is 3.28. The van der Waals surface area contributed by atoms with Crippen LogP contribution in [-0.4, -0.2) is 26.3 Å². The Labute approximate surface area is 97.2 Å². The second-order valence-corrected chi connectivity index (χ2v) is 4.51. The van der Waals surface area contributed by atoms with Crippen molar-refractivity contribution in [3.8, 4) is 0 Å². The number of ether oxygens (including phenoxy) is 1.